The molecule has 1 aromatic heterocycles. The summed E-state index contributed by atoms with van der Waals surface area (Å²) < 4.78 is 37.7. The fraction of sp³-hybridized carbons (Fsp3) is 0.375. The SMILES string of the molecule is CCn1cc(C(F)(F)F)cc(N)c1=O. The Morgan fingerprint density at radius 2 is 2.07 bits per heavy atom. The normalized spacial score (nSPS) is 11.7. The maximum absolute atomic E-state index is 12.2. The van der Waals surface area contributed by atoms with E-state index in [2.05, 4.69) is 0 Å². The number of hydrogen-bond acceptors (Lipinski definition) is 2. The van der Waals surface area contributed by atoms with Crippen molar-refractivity contribution in [3.8, 4) is 0 Å². The Morgan fingerprint density at radius 3 is 2.50 bits per heavy atom. The lowest BCUT2D eigenvalue weighted by atomic mass is 10.2. The predicted molar refractivity (Wildman–Crippen MR) is 45.8 cm³/mol. The second-order valence-electron chi connectivity index (χ2n) is 2.77. The van der Waals surface area contributed by atoms with Gasteiger partial charge >= 0.3 is 6.18 Å². The summed E-state index contributed by atoms with van der Waals surface area (Å²) in [5.41, 5.74) is 3.27. The lowest BCUT2D eigenvalue weighted by Crippen LogP contribution is -2.24. The van der Waals surface area contributed by atoms with Crippen LogP contribution in [0.25, 0.3) is 0 Å². The van der Waals surface area contributed by atoms with E-state index < -0.39 is 17.3 Å². The average molecular weight is 206 g/mol. The van der Waals surface area contributed by atoms with Crippen LogP contribution < -0.4 is 11.3 Å². The molecule has 0 fully saturated rings. The number of pyridine rings is 1. The number of anilines is 1. The summed E-state index contributed by atoms with van der Waals surface area (Å²) in [6.45, 7) is 1.73. The zero-order valence-electron chi connectivity index (χ0n) is 7.43. The number of nitrogens with zero attached hydrogens (tertiary/aromatic N) is 1. The highest BCUT2D eigenvalue weighted by Crippen LogP contribution is 2.29. The molecule has 0 saturated heterocycles. The number of halogens is 3. The Labute approximate surface area is 78.0 Å². The highest BCUT2D eigenvalue weighted by Gasteiger charge is 2.31. The van der Waals surface area contributed by atoms with E-state index in [1.807, 2.05) is 0 Å². The molecule has 0 aliphatic rings. The summed E-state index contributed by atoms with van der Waals surface area (Å²) in [4.78, 5) is 11.1. The van der Waals surface area contributed by atoms with Crippen molar-refractivity contribution in [2.24, 2.45) is 0 Å². The van der Waals surface area contributed by atoms with Crippen molar-refractivity contribution in [3.63, 3.8) is 0 Å². The van der Waals surface area contributed by atoms with Gasteiger partial charge in [-0.2, -0.15) is 13.2 Å². The van der Waals surface area contributed by atoms with Crippen molar-refractivity contribution in [2.75, 3.05) is 5.73 Å². The molecule has 0 aliphatic carbocycles. The maximum Gasteiger partial charge on any atom is 0.417 e. The van der Waals surface area contributed by atoms with Crippen LogP contribution in [0.5, 0.6) is 0 Å². The zero-order chi connectivity index (χ0) is 10.9. The van der Waals surface area contributed by atoms with E-state index in [1.165, 1.54) is 0 Å². The monoisotopic (exact) mass is 206 g/mol. The molecule has 78 valence electrons. The molecule has 1 heterocycles. The summed E-state index contributed by atoms with van der Waals surface area (Å²) in [7, 11) is 0. The first-order valence-corrected chi connectivity index (χ1v) is 3.93. The first kappa shape index (κ1) is 10.6. The van der Waals surface area contributed by atoms with Crippen molar-refractivity contribution >= 4 is 5.69 Å². The van der Waals surface area contributed by atoms with Crippen LogP contribution in [0, 0.1) is 0 Å². The average Bonchev–Trinajstić information content (AvgIpc) is 2.07. The number of aryl methyl sites for hydroxylation is 1. The van der Waals surface area contributed by atoms with Gasteiger partial charge in [-0.25, -0.2) is 0 Å². The topological polar surface area (TPSA) is 48.0 Å². The predicted octanol–water partition coefficient (Wildman–Crippen LogP) is 1.47. The quantitative estimate of drug-likeness (QED) is 0.756. The van der Waals surface area contributed by atoms with E-state index in [4.69, 9.17) is 5.73 Å². The van der Waals surface area contributed by atoms with E-state index in [1.54, 1.807) is 6.92 Å². The van der Waals surface area contributed by atoms with Gasteiger partial charge in [0.15, 0.2) is 0 Å². The van der Waals surface area contributed by atoms with Crippen molar-refractivity contribution in [2.45, 2.75) is 19.6 Å². The van der Waals surface area contributed by atoms with Gasteiger partial charge in [-0.3, -0.25) is 4.79 Å². The smallest absolute Gasteiger partial charge is 0.394 e. The number of hydrogen-bond donors (Lipinski definition) is 1. The number of aromatic nitrogens is 1. The van der Waals surface area contributed by atoms with Gasteiger partial charge in [0.25, 0.3) is 5.56 Å². The Bertz CT molecular complexity index is 395. The van der Waals surface area contributed by atoms with Gasteiger partial charge in [0.05, 0.1) is 11.3 Å². The standard InChI is InChI=1S/C8H9F3N2O/c1-2-13-4-5(8(9,10)11)3-6(12)7(13)14/h3-4H,2,12H2,1H3. The van der Waals surface area contributed by atoms with Gasteiger partial charge < -0.3 is 10.3 Å². The van der Waals surface area contributed by atoms with Crippen molar-refractivity contribution < 1.29 is 13.2 Å². The first-order valence-electron chi connectivity index (χ1n) is 3.93. The summed E-state index contributed by atoms with van der Waals surface area (Å²) >= 11 is 0. The molecule has 1 rings (SSSR count). The van der Waals surface area contributed by atoms with E-state index >= 15 is 0 Å². The molecule has 14 heavy (non-hydrogen) atoms. The van der Waals surface area contributed by atoms with Gasteiger partial charge in [-0.15, -0.1) is 0 Å². The summed E-state index contributed by atoms with van der Waals surface area (Å²) in [6, 6.07) is 0.647. The minimum absolute atomic E-state index is 0.160. The summed E-state index contributed by atoms with van der Waals surface area (Å²) in [5.74, 6) is 0. The molecule has 6 heteroatoms. The summed E-state index contributed by atoms with van der Waals surface area (Å²) in [5, 5.41) is 0. The third-order valence-corrected chi connectivity index (χ3v) is 1.78. The Balaban J connectivity index is 3.38. The van der Waals surface area contributed by atoms with E-state index in [0.717, 1.165) is 10.8 Å². The molecule has 2 N–H and O–H groups in total. The highest BCUT2D eigenvalue weighted by atomic mass is 19.4. The van der Waals surface area contributed by atoms with Crippen LogP contribution in [0.15, 0.2) is 17.1 Å². The van der Waals surface area contributed by atoms with Gasteiger partial charge in [0.1, 0.15) is 0 Å². The van der Waals surface area contributed by atoms with Crippen LogP contribution in [0.1, 0.15) is 12.5 Å². The second kappa shape index (κ2) is 3.36. The Kier molecular flexibility index (Phi) is 2.55. The largest absolute Gasteiger partial charge is 0.417 e. The lowest BCUT2D eigenvalue weighted by Gasteiger charge is -2.10. The third kappa shape index (κ3) is 1.89. The van der Waals surface area contributed by atoms with Crippen LogP contribution in [-0.4, -0.2) is 4.57 Å². The minimum atomic E-state index is -4.47. The van der Waals surface area contributed by atoms with Crippen LogP contribution in [0.3, 0.4) is 0 Å². The van der Waals surface area contributed by atoms with Crippen LogP contribution in [0.4, 0.5) is 18.9 Å². The second-order valence-corrected chi connectivity index (χ2v) is 2.77. The number of rotatable bonds is 1. The van der Waals surface area contributed by atoms with Gasteiger partial charge in [0, 0.05) is 12.7 Å². The van der Waals surface area contributed by atoms with E-state index in [0.29, 0.717) is 6.07 Å². The molecule has 0 radical (unpaired) electrons. The molecular formula is C8H9F3N2O. The van der Waals surface area contributed by atoms with Crippen molar-refractivity contribution in [1.82, 2.24) is 4.57 Å². The maximum atomic E-state index is 12.2. The fourth-order valence-corrected chi connectivity index (χ4v) is 1.05. The molecule has 0 saturated carbocycles. The summed E-state index contributed by atoms with van der Waals surface area (Å²) in [6.07, 6.45) is -3.71. The third-order valence-electron chi connectivity index (χ3n) is 1.78. The molecule has 0 spiro atoms. The molecule has 3 nitrogen and oxygen atoms in total. The molecule has 0 bridgehead atoms. The van der Waals surface area contributed by atoms with Gasteiger partial charge in [0.2, 0.25) is 0 Å². The molecule has 0 atom stereocenters. The Hall–Kier alpha value is -1.46. The fourth-order valence-electron chi connectivity index (χ4n) is 1.05. The van der Waals surface area contributed by atoms with E-state index in [-0.39, 0.29) is 12.2 Å². The van der Waals surface area contributed by atoms with Crippen LogP contribution in [0.2, 0.25) is 0 Å². The highest BCUT2D eigenvalue weighted by molar-refractivity contribution is 5.38. The number of nitrogen functional groups attached to an aromatic ring is 1. The first-order chi connectivity index (χ1) is 6.36. The number of nitrogens with two attached hydrogens (primary N) is 1. The lowest BCUT2D eigenvalue weighted by molar-refractivity contribution is -0.138. The molecule has 1 aromatic rings. The van der Waals surface area contributed by atoms with Crippen molar-refractivity contribution in [1.29, 1.82) is 0 Å². The molecule has 0 aromatic carbocycles. The van der Waals surface area contributed by atoms with E-state index in [9.17, 15) is 18.0 Å². The number of alkyl halides is 3. The molecular weight excluding hydrogens is 197 g/mol. The molecule has 0 amide bonds. The van der Waals surface area contributed by atoms with Gasteiger partial charge in [-0.05, 0) is 13.0 Å². The minimum Gasteiger partial charge on any atom is -0.394 e. The zero-order valence-corrected chi connectivity index (χ0v) is 7.43. The van der Waals surface area contributed by atoms with Crippen LogP contribution >= 0.6 is 0 Å². The molecule has 0 aliphatic heterocycles. The molecule has 0 unspecified atom stereocenters. The van der Waals surface area contributed by atoms with Gasteiger partial charge in [-0.1, -0.05) is 0 Å². The van der Waals surface area contributed by atoms with Crippen LogP contribution in [-0.2, 0) is 12.7 Å². The Morgan fingerprint density at radius 1 is 1.50 bits per heavy atom. The van der Waals surface area contributed by atoms with Crippen molar-refractivity contribution in [3.05, 3.63) is 28.2 Å².